The number of pyridine rings is 1. The number of piperidine rings is 2. The van der Waals surface area contributed by atoms with Crippen molar-refractivity contribution < 1.29 is 27.5 Å². The maximum Gasteiger partial charge on any atom is 0.418 e. The van der Waals surface area contributed by atoms with Gasteiger partial charge in [-0.15, -0.1) is 0 Å². The van der Waals surface area contributed by atoms with Crippen LogP contribution in [0, 0.1) is 5.92 Å². The van der Waals surface area contributed by atoms with Gasteiger partial charge in [0.2, 0.25) is 5.91 Å². The molecule has 0 spiro atoms. The molecule has 230 valence electrons. The zero-order valence-corrected chi connectivity index (χ0v) is 24.9. The Labute approximate surface area is 247 Å². The van der Waals surface area contributed by atoms with Gasteiger partial charge in [0.15, 0.2) is 0 Å². The molecule has 0 saturated carbocycles. The molecule has 6 nitrogen and oxygen atoms in total. The molecule has 1 aromatic carbocycles. The molecule has 2 aliphatic rings. The van der Waals surface area contributed by atoms with Crippen molar-refractivity contribution in [3.8, 4) is 0 Å². The summed E-state index contributed by atoms with van der Waals surface area (Å²) >= 11 is 0. The molecule has 2 fully saturated rings. The second-order valence-electron chi connectivity index (χ2n) is 11.5. The summed E-state index contributed by atoms with van der Waals surface area (Å²) in [6.45, 7) is 7.19. The molecule has 2 saturated heterocycles. The van der Waals surface area contributed by atoms with Crippen LogP contribution in [0.15, 0.2) is 42.6 Å². The molecule has 2 atom stereocenters. The number of likely N-dealkylation sites (tertiary alicyclic amines) is 2. The van der Waals surface area contributed by atoms with Crippen LogP contribution in [0.1, 0.15) is 98.3 Å². The Balaban J connectivity index is 1.42. The maximum atomic E-state index is 13.9. The highest BCUT2D eigenvalue weighted by atomic mass is 19.4. The van der Waals surface area contributed by atoms with Gasteiger partial charge in [-0.2, -0.15) is 13.2 Å². The first-order chi connectivity index (χ1) is 20.3. The van der Waals surface area contributed by atoms with E-state index < -0.39 is 35.3 Å². The number of unbranched alkanes of at least 4 members (excludes halogenated alkanes) is 1. The first kappa shape index (κ1) is 32.0. The third kappa shape index (κ3) is 7.71. The lowest BCUT2D eigenvalue weighted by Gasteiger charge is -2.43. The summed E-state index contributed by atoms with van der Waals surface area (Å²) in [5.74, 6) is -0.793. The minimum absolute atomic E-state index is 0.0130. The smallest absolute Gasteiger partial charge is 0.381 e. The van der Waals surface area contributed by atoms with Crippen LogP contribution >= 0.6 is 0 Å². The molecule has 0 aliphatic carbocycles. The fourth-order valence-electron chi connectivity index (χ4n) is 6.53. The van der Waals surface area contributed by atoms with Crippen LogP contribution in [0.25, 0.3) is 0 Å². The van der Waals surface area contributed by atoms with Gasteiger partial charge in [-0.05, 0) is 74.1 Å². The number of carbonyl (C=O) groups excluding carboxylic acids is 2. The predicted molar refractivity (Wildman–Crippen MR) is 156 cm³/mol. The van der Waals surface area contributed by atoms with E-state index in [0.29, 0.717) is 57.8 Å². The highest BCUT2D eigenvalue weighted by molar-refractivity contribution is 5.95. The van der Waals surface area contributed by atoms with Gasteiger partial charge in [-0.3, -0.25) is 14.6 Å². The average molecular weight is 588 g/mol. The first-order valence-electron chi connectivity index (χ1n) is 15.5. The number of halogens is 3. The van der Waals surface area contributed by atoms with Crippen LogP contribution in [0.3, 0.4) is 0 Å². The second kappa shape index (κ2) is 15.0. The third-order valence-electron chi connectivity index (χ3n) is 8.72. The Morgan fingerprint density at radius 3 is 2.45 bits per heavy atom. The van der Waals surface area contributed by atoms with E-state index in [1.54, 1.807) is 0 Å². The van der Waals surface area contributed by atoms with Gasteiger partial charge in [-0.1, -0.05) is 51.0 Å². The van der Waals surface area contributed by atoms with Crippen molar-refractivity contribution in [3.05, 3.63) is 65.0 Å². The topological polar surface area (TPSA) is 62.7 Å². The van der Waals surface area contributed by atoms with Gasteiger partial charge in [0.25, 0.3) is 5.91 Å². The van der Waals surface area contributed by atoms with Gasteiger partial charge in [0.1, 0.15) is 5.69 Å². The summed E-state index contributed by atoms with van der Waals surface area (Å²) in [4.78, 5) is 34.6. The second-order valence-corrected chi connectivity index (χ2v) is 11.5. The van der Waals surface area contributed by atoms with Gasteiger partial charge in [0, 0.05) is 38.5 Å². The monoisotopic (exact) mass is 587 g/mol. The lowest BCUT2D eigenvalue weighted by molar-refractivity contribution is -0.141. The number of benzene rings is 1. The quantitative estimate of drug-likeness (QED) is 0.269. The number of nitrogens with zero attached hydrogens (tertiary/aromatic N) is 3. The summed E-state index contributed by atoms with van der Waals surface area (Å²) < 4.78 is 46.8. The molecule has 2 unspecified atom stereocenters. The molecule has 0 bridgehead atoms. The van der Waals surface area contributed by atoms with Gasteiger partial charge in [-0.25, -0.2) is 0 Å². The van der Waals surface area contributed by atoms with Crippen molar-refractivity contribution in [1.82, 2.24) is 14.8 Å². The van der Waals surface area contributed by atoms with Crippen LogP contribution in [0.2, 0.25) is 0 Å². The van der Waals surface area contributed by atoms with Gasteiger partial charge in [0.05, 0.1) is 18.1 Å². The molecule has 2 aromatic rings. The van der Waals surface area contributed by atoms with E-state index in [1.165, 1.54) is 28.3 Å². The molecule has 2 amide bonds. The molecule has 1 aromatic heterocycles. The summed E-state index contributed by atoms with van der Waals surface area (Å²) in [6.07, 6.45) is 3.77. The largest absolute Gasteiger partial charge is 0.418 e. The highest BCUT2D eigenvalue weighted by Crippen LogP contribution is 2.36. The maximum absolute atomic E-state index is 13.9. The summed E-state index contributed by atoms with van der Waals surface area (Å²) in [7, 11) is 0. The lowest BCUT2D eigenvalue weighted by atomic mass is 9.82. The Hall–Kier alpha value is -2.94. The van der Waals surface area contributed by atoms with E-state index in [4.69, 9.17) is 4.74 Å². The molecule has 42 heavy (non-hydrogen) atoms. The molecular formula is C33H44F3N3O3. The number of ether oxygens (including phenoxy) is 1. The van der Waals surface area contributed by atoms with E-state index in [2.05, 4.69) is 36.2 Å². The Bertz CT molecular complexity index is 1180. The zero-order chi connectivity index (χ0) is 30.1. The standard InChI is InChI=1S/C33H44F3N3O3/c1-3-5-22-42-23-17-24-11-6-7-12-26(24)25-15-20-38(21-16-25)31(40)27-13-9-19-39(29(27)10-4-2)32(41)30-28(33(34,35)36)14-8-18-37-30/h6-8,11-12,14,18,25,27,29H,3-5,9-10,13,15-17,19-23H2,1-2H3. The van der Waals surface area contributed by atoms with E-state index >= 15 is 0 Å². The minimum Gasteiger partial charge on any atom is -0.381 e. The predicted octanol–water partition coefficient (Wildman–Crippen LogP) is 6.89. The number of amides is 2. The number of carbonyl (C=O) groups is 2. The fraction of sp³-hybridized carbons (Fsp3) is 0.606. The molecule has 3 heterocycles. The molecule has 4 rings (SSSR count). The Kier molecular flexibility index (Phi) is 11.4. The number of hydrogen-bond acceptors (Lipinski definition) is 4. The van der Waals surface area contributed by atoms with Crippen molar-refractivity contribution in [1.29, 1.82) is 0 Å². The van der Waals surface area contributed by atoms with E-state index in [9.17, 15) is 22.8 Å². The van der Waals surface area contributed by atoms with Crippen LogP contribution in [0.4, 0.5) is 13.2 Å². The van der Waals surface area contributed by atoms with E-state index in [1.807, 2.05) is 11.8 Å². The summed E-state index contributed by atoms with van der Waals surface area (Å²) in [5.41, 5.74) is 1.01. The molecule has 9 heteroatoms. The van der Waals surface area contributed by atoms with Crippen LogP contribution < -0.4 is 0 Å². The number of aromatic nitrogens is 1. The molecule has 0 radical (unpaired) electrons. The first-order valence-corrected chi connectivity index (χ1v) is 15.5. The van der Waals surface area contributed by atoms with Crippen LogP contribution in [-0.4, -0.2) is 65.5 Å². The van der Waals surface area contributed by atoms with Gasteiger partial charge >= 0.3 is 6.18 Å². The fourth-order valence-corrected chi connectivity index (χ4v) is 6.53. The van der Waals surface area contributed by atoms with E-state index in [-0.39, 0.29) is 5.91 Å². The highest BCUT2D eigenvalue weighted by Gasteiger charge is 2.43. The summed E-state index contributed by atoms with van der Waals surface area (Å²) in [5, 5.41) is 0. The van der Waals surface area contributed by atoms with Crippen LogP contribution in [-0.2, 0) is 22.1 Å². The van der Waals surface area contributed by atoms with Crippen molar-refractivity contribution in [3.63, 3.8) is 0 Å². The average Bonchev–Trinajstić information content (AvgIpc) is 3.00. The molecule has 0 N–H and O–H groups in total. The van der Waals surface area contributed by atoms with Crippen LogP contribution in [0.5, 0.6) is 0 Å². The Morgan fingerprint density at radius 2 is 1.74 bits per heavy atom. The third-order valence-corrected chi connectivity index (χ3v) is 8.72. The number of alkyl halides is 3. The SMILES string of the molecule is CCCCOCCc1ccccc1C1CCN(C(=O)C2CCCN(C(=O)c3ncccc3C(F)(F)F)C2CCC)CC1. The zero-order valence-electron chi connectivity index (χ0n) is 24.9. The van der Waals surface area contributed by atoms with Crippen molar-refractivity contribution in [2.45, 2.75) is 89.8 Å². The normalized spacial score (nSPS) is 20.1. The molecule has 2 aliphatic heterocycles. The van der Waals surface area contributed by atoms with Gasteiger partial charge < -0.3 is 14.5 Å². The van der Waals surface area contributed by atoms with E-state index in [0.717, 1.165) is 44.8 Å². The van der Waals surface area contributed by atoms with Crippen molar-refractivity contribution in [2.24, 2.45) is 5.92 Å². The number of rotatable bonds is 11. The van der Waals surface area contributed by atoms with Crippen molar-refractivity contribution >= 4 is 11.8 Å². The van der Waals surface area contributed by atoms with Crippen molar-refractivity contribution in [2.75, 3.05) is 32.8 Å². The minimum atomic E-state index is -4.68. The summed E-state index contributed by atoms with van der Waals surface area (Å²) in [6, 6.07) is 10.1. The Morgan fingerprint density at radius 1 is 0.976 bits per heavy atom. The lowest BCUT2D eigenvalue weighted by Crippen LogP contribution is -2.54. The molecular weight excluding hydrogens is 543 g/mol. The number of hydrogen-bond donors (Lipinski definition) is 0.